The van der Waals surface area contributed by atoms with Crippen LogP contribution >= 0.6 is 0 Å². The fourth-order valence-corrected chi connectivity index (χ4v) is 0.286. The van der Waals surface area contributed by atoms with Gasteiger partial charge in [-0.3, -0.25) is 0 Å². The number of rotatable bonds is 2. The molecule has 0 aliphatic heterocycles. The average molecular weight is 252 g/mol. The maximum atomic E-state index is 11.9. The molecule has 0 spiro atoms. The lowest BCUT2D eigenvalue weighted by Gasteiger charge is -2.27. The molecule has 92 valence electrons. The molecule has 0 saturated carbocycles. The van der Waals surface area contributed by atoms with Gasteiger partial charge in [-0.2, -0.15) is 39.5 Å². The van der Waals surface area contributed by atoms with Gasteiger partial charge in [0.25, 0.3) is 0 Å². The molecule has 0 rings (SSSR count). The fourth-order valence-electron chi connectivity index (χ4n) is 0.286. The summed E-state index contributed by atoms with van der Waals surface area (Å²) >= 11 is 0. The summed E-state index contributed by atoms with van der Waals surface area (Å²) in [6, 6.07) is -6.09. The van der Waals surface area contributed by atoms with E-state index in [-0.39, 0.29) is 0 Å². The van der Waals surface area contributed by atoms with E-state index >= 15 is 0 Å². The van der Waals surface area contributed by atoms with Crippen molar-refractivity contribution in [3.05, 3.63) is 0 Å². The third kappa shape index (κ3) is 3.12. The highest BCUT2D eigenvalue weighted by Gasteiger charge is 2.69. The summed E-state index contributed by atoms with van der Waals surface area (Å²) in [4.78, 5) is 0. The van der Waals surface area contributed by atoms with Crippen LogP contribution in [0.1, 0.15) is 0 Å². The van der Waals surface area contributed by atoms with Crippen molar-refractivity contribution < 1.29 is 49.4 Å². The molecule has 0 aromatic carbocycles. The Hall–Kier alpha value is -0.710. The fraction of sp³-hybridized carbons (Fsp3) is 1.00. The molecular weight excluding hydrogens is 251 g/mol. The SMILES string of the molecule is OC(F)(OC(F)(F)C(F)(F)F)C(F)(F)F. The van der Waals surface area contributed by atoms with Gasteiger partial charge < -0.3 is 5.11 Å². The first kappa shape index (κ1) is 14.3. The second-order valence-corrected chi connectivity index (χ2v) is 2.18. The van der Waals surface area contributed by atoms with Crippen LogP contribution in [-0.2, 0) is 4.74 Å². The summed E-state index contributed by atoms with van der Waals surface area (Å²) in [5.74, 6) is 0. The van der Waals surface area contributed by atoms with Crippen molar-refractivity contribution in [2.45, 2.75) is 24.5 Å². The van der Waals surface area contributed by atoms with Crippen LogP contribution in [0.3, 0.4) is 0 Å². The van der Waals surface area contributed by atoms with E-state index in [1.54, 1.807) is 4.74 Å². The number of ether oxygens (including phenoxy) is 1. The third-order valence-electron chi connectivity index (χ3n) is 0.943. The predicted molar refractivity (Wildman–Crippen MR) is 24.2 cm³/mol. The second kappa shape index (κ2) is 3.40. The number of aliphatic hydroxyl groups is 1. The summed E-state index contributed by atoms with van der Waals surface area (Å²) in [5, 5.41) is 7.56. The van der Waals surface area contributed by atoms with Gasteiger partial charge in [-0.05, 0) is 0 Å². The van der Waals surface area contributed by atoms with Gasteiger partial charge in [0.15, 0.2) is 0 Å². The predicted octanol–water partition coefficient (Wildman–Crippen LogP) is 2.34. The zero-order valence-electron chi connectivity index (χ0n) is 6.26. The van der Waals surface area contributed by atoms with Crippen molar-refractivity contribution in [1.29, 1.82) is 0 Å². The van der Waals surface area contributed by atoms with Crippen LogP contribution in [0.2, 0.25) is 0 Å². The average Bonchev–Trinajstić information content (AvgIpc) is 1.77. The molecule has 0 saturated heterocycles. The van der Waals surface area contributed by atoms with Gasteiger partial charge >= 0.3 is 24.5 Å². The Morgan fingerprint density at radius 3 is 1.20 bits per heavy atom. The van der Waals surface area contributed by atoms with Gasteiger partial charge in [0, 0.05) is 0 Å². The summed E-state index contributed by atoms with van der Waals surface area (Å²) in [5.41, 5.74) is 0. The van der Waals surface area contributed by atoms with E-state index in [2.05, 4.69) is 0 Å². The Kier molecular flexibility index (Phi) is 3.24. The van der Waals surface area contributed by atoms with Crippen LogP contribution in [0.25, 0.3) is 0 Å². The summed E-state index contributed by atoms with van der Waals surface area (Å²) < 4.78 is 105. The van der Waals surface area contributed by atoms with Gasteiger partial charge in [0.1, 0.15) is 0 Å². The minimum absolute atomic E-state index is 1.66. The molecule has 1 N–H and O–H groups in total. The van der Waals surface area contributed by atoms with Crippen LogP contribution in [0.15, 0.2) is 0 Å². The first-order chi connectivity index (χ1) is 6.21. The van der Waals surface area contributed by atoms with E-state index in [0.29, 0.717) is 0 Å². The number of halogens is 9. The van der Waals surface area contributed by atoms with Crippen molar-refractivity contribution in [2.24, 2.45) is 0 Å². The molecular formula is C4HF9O2. The topological polar surface area (TPSA) is 29.5 Å². The highest BCUT2D eigenvalue weighted by molar-refractivity contribution is 4.71. The molecule has 0 radical (unpaired) electrons. The zero-order valence-corrected chi connectivity index (χ0v) is 6.26. The van der Waals surface area contributed by atoms with Crippen LogP contribution in [0.4, 0.5) is 39.5 Å². The van der Waals surface area contributed by atoms with Gasteiger partial charge in [0.05, 0.1) is 0 Å². The summed E-state index contributed by atoms with van der Waals surface area (Å²) in [6.45, 7) is 0. The lowest BCUT2D eigenvalue weighted by molar-refractivity contribution is -0.519. The Labute approximate surface area is 75.2 Å². The first-order valence-electron chi connectivity index (χ1n) is 2.83. The quantitative estimate of drug-likeness (QED) is 0.603. The second-order valence-electron chi connectivity index (χ2n) is 2.18. The van der Waals surface area contributed by atoms with Gasteiger partial charge in [-0.15, -0.1) is 0 Å². The Bertz CT molecular complexity index is 201. The monoisotopic (exact) mass is 252 g/mol. The van der Waals surface area contributed by atoms with Crippen molar-refractivity contribution >= 4 is 0 Å². The molecule has 2 nitrogen and oxygen atoms in total. The van der Waals surface area contributed by atoms with Crippen molar-refractivity contribution in [2.75, 3.05) is 0 Å². The Balaban J connectivity index is 4.89. The summed E-state index contributed by atoms with van der Waals surface area (Å²) in [6.07, 6.45) is -19.5. The lowest BCUT2D eigenvalue weighted by atomic mass is 10.5. The minimum Gasteiger partial charge on any atom is -0.332 e. The zero-order chi connectivity index (χ0) is 12.7. The van der Waals surface area contributed by atoms with E-state index in [0.717, 1.165) is 0 Å². The highest BCUT2D eigenvalue weighted by atomic mass is 19.4. The van der Waals surface area contributed by atoms with Crippen LogP contribution < -0.4 is 0 Å². The van der Waals surface area contributed by atoms with Crippen LogP contribution in [0.5, 0.6) is 0 Å². The lowest BCUT2D eigenvalue weighted by Crippen LogP contribution is -2.52. The van der Waals surface area contributed by atoms with Crippen molar-refractivity contribution in [3.63, 3.8) is 0 Å². The molecule has 15 heavy (non-hydrogen) atoms. The molecule has 0 aromatic rings. The van der Waals surface area contributed by atoms with Crippen molar-refractivity contribution in [3.8, 4) is 0 Å². The molecule has 0 aliphatic rings. The number of alkyl halides is 9. The van der Waals surface area contributed by atoms with Crippen LogP contribution in [0, 0.1) is 0 Å². The maximum Gasteiger partial charge on any atom is 0.483 e. The molecule has 0 heterocycles. The van der Waals surface area contributed by atoms with E-state index in [1.807, 2.05) is 0 Å². The molecule has 0 aromatic heterocycles. The van der Waals surface area contributed by atoms with Crippen LogP contribution in [-0.4, -0.2) is 29.6 Å². The Morgan fingerprint density at radius 2 is 1.00 bits per heavy atom. The molecule has 1 unspecified atom stereocenters. The normalized spacial score (nSPS) is 18.8. The van der Waals surface area contributed by atoms with E-state index in [4.69, 9.17) is 5.11 Å². The minimum atomic E-state index is -6.58. The first-order valence-corrected chi connectivity index (χ1v) is 2.83. The van der Waals surface area contributed by atoms with E-state index in [9.17, 15) is 39.5 Å². The van der Waals surface area contributed by atoms with Gasteiger partial charge in [0.2, 0.25) is 0 Å². The molecule has 11 heteroatoms. The largest absolute Gasteiger partial charge is 0.483 e. The molecule has 0 fully saturated rings. The summed E-state index contributed by atoms with van der Waals surface area (Å²) in [7, 11) is 0. The Morgan fingerprint density at radius 1 is 0.667 bits per heavy atom. The van der Waals surface area contributed by atoms with Gasteiger partial charge in [-0.1, -0.05) is 0 Å². The number of hydrogen-bond donors (Lipinski definition) is 1. The maximum absolute atomic E-state index is 11.9. The number of hydrogen-bond acceptors (Lipinski definition) is 2. The smallest absolute Gasteiger partial charge is 0.332 e. The highest BCUT2D eigenvalue weighted by Crippen LogP contribution is 2.43. The molecule has 0 aliphatic carbocycles. The molecule has 0 bridgehead atoms. The van der Waals surface area contributed by atoms with E-state index < -0.39 is 24.5 Å². The van der Waals surface area contributed by atoms with E-state index in [1.165, 1.54) is 0 Å². The third-order valence-corrected chi connectivity index (χ3v) is 0.943. The standard InChI is InChI=1S/C4HF9O2/c5-1(6,7)3(11,12)15-4(13,14)2(8,9)10/h14H. The van der Waals surface area contributed by atoms with Crippen molar-refractivity contribution in [1.82, 2.24) is 0 Å². The molecule has 1 atom stereocenters. The van der Waals surface area contributed by atoms with Gasteiger partial charge in [-0.25, -0.2) is 4.74 Å². The molecule has 0 amide bonds.